The summed E-state index contributed by atoms with van der Waals surface area (Å²) in [5.74, 6) is -0.635. The highest BCUT2D eigenvalue weighted by Gasteiger charge is 2.13. The Bertz CT molecular complexity index is 516. The molecule has 2 aromatic heterocycles. The Hall–Kier alpha value is -1.91. The first-order valence-corrected chi connectivity index (χ1v) is 4.06. The van der Waals surface area contributed by atoms with E-state index in [2.05, 4.69) is 9.97 Å². The highest BCUT2D eigenvalue weighted by atomic mass is 16.4. The smallest absolute Gasteiger partial charge is 0.371 e. The monoisotopic (exact) mass is 192 g/mol. The SMILES string of the molecule is Cc1nc(C)c2cc(C(=O)O)oc2n1. The maximum atomic E-state index is 10.6. The van der Waals surface area contributed by atoms with E-state index < -0.39 is 5.97 Å². The van der Waals surface area contributed by atoms with Crippen molar-refractivity contribution in [3.63, 3.8) is 0 Å². The van der Waals surface area contributed by atoms with Crippen molar-refractivity contribution in [2.45, 2.75) is 13.8 Å². The van der Waals surface area contributed by atoms with Gasteiger partial charge in [-0.1, -0.05) is 0 Å². The molecule has 0 aliphatic carbocycles. The van der Waals surface area contributed by atoms with Crippen LogP contribution >= 0.6 is 0 Å². The molecular formula is C9H8N2O3. The summed E-state index contributed by atoms with van der Waals surface area (Å²) in [7, 11) is 0. The number of carboxylic acid groups (broad SMARTS) is 1. The van der Waals surface area contributed by atoms with Gasteiger partial charge in [-0.25, -0.2) is 9.78 Å². The highest BCUT2D eigenvalue weighted by molar-refractivity contribution is 5.90. The zero-order chi connectivity index (χ0) is 10.3. The maximum absolute atomic E-state index is 10.6. The summed E-state index contributed by atoms with van der Waals surface area (Å²) >= 11 is 0. The van der Waals surface area contributed by atoms with Crippen LogP contribution in [0, 0.1) is 13.8 Å². The number of aromatic nitrogens is 2. The lowest BCUT2D eigenvalue weighted by Gasteiger charge is -1.94. The molecule has 5 nitrogen and oxygen atoms in total. The molecule has 1 N–H and O–H groups in total. The lowest BCUT2D eigenvalue weighted by atomic mass is 10.3. The van der Waals surface area contributed by atoms with Gasteiger partial charge in [-0.2, -0.15) is 4.98 Å². The Balaban J connectivity index is 2.76. The number of hydrogen-bond acceptors (Lipinski definition) is 4. The van der Waals surface area contributed by atoms with E-state index in [1.165, 1.54) is 6.07 Å². The molecule has 0 atom stereocenters. The summed E-state index contributed by atoms with van der Waals surface area (Å²) in [5.41, 5.74) is 1.05. The van der Waals surface area contributed by atoms with Crippen LogP contribution < -0.4 is 0 Å². The molecule has 0 aliphatic rings. The van der Waals surface area contributed by atoms with Gasteiger partial charge in [-0.15, -0.1) is 0 Å². The lowest BCUT2D eigenvalue weighted by molar-refractivity contribution is 0.0664. The summed E-state index contributed by atoms with van der Waals surface area (Å²) in [6.45, 7) is 3.52. The molecule has 0 unspecified atom stereocenters. The minimum absolute atomic E-state index is 0.108. The van der Waals surface area contributed by atoms with Crippen molar-refractivity contribution in [3.8, 4) is 0 Å². The average molecular weight is 192 g/mol. The number of hydrogen-bond donors (Lipinski definition) is 1. The number of carboxylic acids is 1. The topological polar surface area (TPSA) is 76.2 Å². The van der Waals surface area contributed by atoms with Crippen molar-refractivity contribution >= 4 is 17.1 Å². The van der Waals surface area contributed by atoms with Gasteiger partial charge in [0.15, 0.2) is 0 Å². The first-order chi connectivity index (χ1) is 6.58. The average Bonchev–Trinajstić information content (AvgIpc) is 2.47. The zero-order valence-electron chi connectivity index (χ0n) is 7.74. The molecule has 0 fully saturated rings. The molecule has 0 amide bonds. The van der Waals surface area contributed by atoms with Crippen LogP contribution in [-0.2, 0) is 0 Å². The second-order valence-corrected chi connectivity index (χ2v) is 2.99. The normalized spacial score (nSPS) is 10.7. The van der Waals surface area contributed by atoms with Crippen LogP contribution in [0.15, 0.2) is 10.5 Å². The molecule has 0 spiro atoms. The van der Waals surface area contributed by atoms with Gasteiger partial charge in [0, 0.05) is 6.07 Å². The van der Waals surface area contributed by atoms with Gasteiger partial charge in [0.05, 0.1) is 11.1 Å². The second-order valence-electron chi connectivity index (χ2n) is 2.99. The number of furan rings is 1. The van der Waals surface area contributed by atoms with E-state index in [0.29, 0.717) is 16.9 Å². The molecule has 0 bridgehead atoms. The van der Waals surface area contributed by atoms with E-state index >= 15 is 0 Å². The third-order valence-electron chi connectivity index (χ3n) is 1.91. The van der Waals surface area contributed by atoms with Crippen molar-refractivity contribution in [2.24, 2.45) is 0 Å². The first kappa shape index (κ1) is 8.68. The fourth-order valence-electron chi connectivity index (χ4n) is 1.30. The van der Waals surface area contributed by atoms with Crippen LogP contribution in [0.1, 0.15) is 22.1 Å². The zero-order valence-corrected chi connectivity index (χ0v) is 7.74. The summed E-state index contributed by atoms with van der Waals surface area (Å²) in [5, 5.41) is 9.35. The van der Waals surface area contributed by atoms with Gasteiger partial charge in [-0.05, 0) is 13.8 Å². The van der Waals surface area contributed by atoms with Gasteiger partial charge in [0.25, 0.3) is 0 Å². The fourth-order valence-corrected chi connectivity index (χ4v) is 1.30. The van der Waals surface area contributed by atoms with Gasteiger partial charge < -0.3 is 9.52 Å². The van der Waals surface area contributed by atoms with Crippen LogP contribution in [-0.4, -0.2) is 21.0 Å². The van der Waals surface area contributed by atoms with Gasteiger partial charge in [-0.3, -0.25) is 0 Å². The first-order valence-electron chi connectivity index (χ1n) is 4.06. The van der Waals surface area contributed by atoms with Gasteiger partial charge in [0.1, 0.15) is 5.82 Å². The minimum Gasteiger partial charge on any atom is -0.475 e. The summed E-state index contributed by atoms with van der Waals surface area (Å²) in [6.07, 6.45) is 0. The number of nitrogens with zero attached hydrogens (tertiary/aromatic N) is 2. The van der Waals surface area contributed by atoms with Crippen LogP contribution in [0.25, 0.3) is 11.1 Å². The Kier molecular flexibility index (Phi) is 1.73. The Morgan fingerprint density at radius 1 is 1.43 bits per heavy atom. The van der Waals surface area contributed by atoms with E-state index in [4.69, 9.17) is 9.52 Å². The molecule has 0 aromatic carbocycles. The van der Waals surface area contributed by atoms with Crippen molar-refractivity contribution in [3.05, 3.63) is 23.3 Å². The van der Waals surface area contributed by atoms with Crippen LogP contribution in [0.5, 0.6) is 0 Å². The van der Waals surface area contributed by atoms with Crippen molar-refractivity contribution in [1.29, 1.82) is 0 Å². The number of rotatable bonds is 1. The predicted molar refractivity (Wildman–Crippen MR) is 48.2 cm³/mol. The highest BCUT2D eigenvalue weighted by Crippen LogP contribution is 2.19. The largest absolute Gasteiger partial charge is 0.475 e. The molecule has 2 rings (SSSR count). The lowest BCUT2D eigenvalue weighted by Crippen LogP contribution is -1.91. The maximum Gasteiger partial charge on any atom is 0.371 e. The fraction of sp³-hybridized carbons (Fsp3) is 0.222. The molecule has 0 saturated carbocycles. The number of aryl methyl sites for hydroxylation is 2. The molecular weight excluding hydrogens is 184 g/mol. The molecule has 2 heterocycles. The molecule has 2 aromatic rings. The molecule has 0 saturated heterocycles. The third kappa shape index (κ3) is 1.22. The van der Waals surface area contributed by atoms with E-state index in [9.17, 15) is 4.79 Å². The molecule has 0 radical (unpaired) electrons. The van der Waals surface area contributed by atoms with Crippen molar-refractivity contribution in [2.75, 3.05) is 0 Å². The Morgan fingerprint density at radius 2 is 2.14 bits per heavy atom. The molecule has 72 valence electrons. The van der Waals surface area contributed by atoms with Crippen LogP contribution in [0.2, 0.25) is 0 Å². The molecule has 5 heteroatoms. The van der Waals surface area contributed by atoms with E-state index in [1.807, 2.05) is 0 Å². The van der Waals surface area contributed by atoms with Crippen LogP contribution in [0.3, 0.4) is 0 Å². The van der Waals surface area contributed by atoms with E-state index in [1.54, 1.807) is 13.8 Å². The summed E-state index contributed by atoms with van der Waals surface area (Å²) in [6, 6.07) is 1.44. The third-order valence-corrected chi connectivity index (χ3v) is 1.91. The number of aromatic carboxylic acids is 1. The molecule has 14 heavy (non-hydrogen) atoms. The predicted octanol–water partition coefficient (Wildman–Crippen LogP) is 1.54. The number of fused-ring (bicyclic) bond motifs is 1. The van der Waals surface area contributed by atoms with Gasteiger partial charge in [0.2, 0.25) is 11.5 Å². The summed E-state index contributed by atoms with van der Waals surface area (Å²) in [4.78, 5) is 18.7. The Morgan fingerprint density at radius 3 is 2.79 bits per heavy atom. The van der Waals surface area contributed by atoms with E-state index in [0.717, 1.165) is 5.69 Å². The standard InChI is InChI=1S/C9H8N2O3/c1-4-6-3-7(9(12)13)14-8(6)11-5(2)10-4/h3H,1-2H3,(H,12,13). The van der Waals surface area contributed by atoms with E-state index in [-0.39, 0.29) is 5.76 Å². The van der Waals surface area contributed by atoms with Crippen molar-refractivity contribution in [1.82, 2.24) is 9.97 Å². The molecule has 0 aliphatic heterocycles. The quantitative estimate of drug-likeness (QED) is 0.741. The Labute approximate surface area is 79.4 Å². The van der Waals surface area contributed by atoms with Crippen molar-refractivity contribution < 1.29 is 14.3 Å². The second kappa shape index (κ2) is 2.80. The van der Waals surface area contributed by atoms with Gasteiger partial charge >= 0.3 is 5.97 Å². The summed E-state index contributed by atoms with van der Waals surface area (Å²) < 4.78 is 5.04. The minimum atomic E-state index is -1.10. The number of carbonyl (C=O) groups is 1. The van der Waals surface area contributed by atoms with Crippen LogP contribution in [0.4, 0.5) is 0 Å².